The molecule has 0 bridgehead atoms. The van der Waals surface area contributed by atoms with E-state index in [1.54, 1.807) is 41.5 Å². The highest BCUT2D eigenvalue weighted by atomic mass is 19.3. The Balaban J connectivity index is 2.77. The Labute approximate surface area is 209 Å². The molecule has 2 amide bonds. The average Bonchev–Trinajstić information content (AvgIpc) is 2.70. The maximum atomic E-state index is 13.2. The summed E-state index contributed by atoms with van der Waals surface area (Å²) in [5.74, 6) is 0. The Bertz CT molecular complexity index is 1000. The number of nitrogens with one attached hydrogen (secondary N) is 1. The predicted molar refractivity (Wildman–Crippen MR) is 133 cm³/mol. The lowest BCUT2D eigenvalue weighted by Gasteiger charge is -2.29. The monoisotopic (exact) mass is 512 g/mol. The molecular formula is C24H34F2N4O6. The summed E-state index contributed by atoms with van der Waals surface area (Å²) in [6, 6.07) is 2.70. The number of benzene rings is 1. The summed E-state index contributed by atoms with van der Waals surface area (Å²) in [5.41, 5.74) is -2.41. The highest BCUT2D eigenvalue weighted by Crippen LogP contribution is 2.43. The summed E-state index contributed by atoms with van der Waals surface area (Å²) in [7, 11) is 1.91. The number of hydrogen-bond acceptors (Lipinski definition) is 8. The highest BCUT2D eigenvalue weighted by molar-refractivity contribution is 6.12. The van der Waals surface area contributed by atoms with E-state index in [1.807, 2.05) is 18.0 Å². The van der Waals surface area contributed by atoms with Crippen molar-refractivity contribution in [1.82, 2.24) is 4.90 Å². The molecule has 0 spiro atoms. The molecule has 1 aliphatic rings. The van der Waals surface area contributed by atoms with E-state index in [9.17, 15) is 28.5 Å². The van der Waals surface area contributed by atoms with E-state index in [-0.39, 0.29) is 5.69 Å². The van der Waals surface area contributed by atoms with Gasteiger partial charge in [0, 0.05) is 18.7 Å². The molecule has 1 aromatic carbocycles. The molecule has 1 aromatic rings. The second kappa shape index (κ2) is 11.2. The molecule has 1 N–H and O–H groups in total. The minimum atomic E-state index is -2.81. The number of carbonyl (C=O) groups is 2. The number of rotatable bonds is 6. The Morgan fingerprint density at radius 3 is 2.11 bits per heavy atom. The number of amides is 2. The second-order valence-corrected chi connectivity index (χ2v) is 10.4. The van der Waals surface area contributed by atoms with Crippen molar-refractivity contribution in [2.45, 2.75) is 65.6 Å². The molecule has 200 valence electrons. The van der Waals surface area contributed by atoms with Crippen LogP contribution in [0.5, 0.6) is 0 Å². The van der Waals surface area contributed by atoms with Crippen LogP contribution in [0.2, 0.25) is 0 Å². The number of ether oxygens (including phenoxy) is 2. The Kier molecular flexibility index (Phi) is 9.00. The molecule has 1 aliphatic heterocycles. The van der Waals surface area contributed by atoms with Gasteiger partial charge in [-0.3, -0.25) is 10.1 Å². The Morgan fingerprint density at radius 2 is 1.69 bits per heavy atom. The third kappa shape index (κ3) is 7.87. The van der Waals surface area contributed by atoms with Crippen LogP contribution in [0, 0.1) is 10.1 Å². The molecule has 0 aliphatic carbocycles. The Morgan fingerprint density at radius 1 is 1.14 bits per heavy atom. The van der Waals surface area contributed by atoms with E-state index in [4.69, 9.17) is 9.47 Å². The van der Waals surface area contributed by atoms with Crippen LogP contribution >= 0.6 is 0 Å². The smallest absolute Gasteiger partial charge is 0.424 e. The summed E-state index contributed by atoms with van der Waals surface area (Å²) in [4.78, 5) is 40.1. The number of likely N-dealkylation sites (N-methyl/N-ethyl adjacent to an activating group) is 1. The average molecular weight is 513 g/mol. The lowest BCUT2D eigenvalue weighted by Crippen LogP contribution is -2.44. The van der Waals surface area contributed by atoms with Crippen molar-refractivity contribution in [3.8, 4) is 0 Å². The van der Waals surface area contributed by atoms with Crippen molar-refractivity contribution in [3.05, 3.63) is 33.9 Å². The van der Waals surface area contributed by atoms with Gasteiger partial charge in [0.1, 0.15) is 22.6 Å². The van der Waals surface area contributed by atoms with Crippen LogP contribution in [0.15, 0.2) is 18.2 Å². The predicted octanol–water partition coefficient (Wildman–Crippen LogP) is 5.67. The van der Waals surface area contributed by atoms with Gasteiger partial charge in [0.25, 0.3) is 6.43 Å². The van der Waals surface area contributed by atoms with Gasteiger partial charge in [-0.25, -0.2) is 18.4 Å². The number of carbonyl (C=O) groups excluding carboxylic acids is 2. The Hall–Kier alpha value is -3.28. The number of nitro groups is 1. The van der Waals surface area contributed by atoms with Gasteiger partial charge in [-0.15, -0.1) is 0 Å². The summed E-state index contributed by atoms with van der Waals surface area (Å²) in [5, 5.41) is 14.8. The van der Waals surface area contributed by atoms with Crippen molar-refractivity contribution in [2.75, 3.05) is 36.9 Å². The van der Waals surface area contributed by atoms with Gasteiger partial charge < -0.3 is 19.7 Å². The van der Waals surface area contributed by atoms with Gasteiger partial charge in [-0.05, 0) is 66.7 Å². The third-order valence-electron chi connectivity index (χ3n) is 4.92. The normalized spacial score (nSPS) is 14.8. The molecular weight excluding hydrogens is 478 g/mol. The molecule has 0 radical (unpaired) electrons. The van der Waals surface area contributed by atoms with Gasteiger partial charge in [-0.1, -0.05) is 12.1 Å². The lowest BCUT2D eigenvalue weighted by molar-refractivity contribution is -0.383. The molecule has 36 heavy (non-hydrogen) atoms. The first-order chi connectivity index (χ1) is 16.5. The standard InChI is InChI=1S/C24H34F2N4O6/c1-23(2,3)35-21(31)29(22(32)36-24(4,5)6)17-9-8-16(15-10-12-28(7)13-11-15)19(20(17)30(33)34)27-14-18(25)26/h8-10,18,27H,11-14H2,1-7H3. The van der Waals surface area contributed by atoms with Gasteiger partial charge in [0.2, 0.25) is 0 Å². The van der Waals surface area contributed by atoms with Crippen molar-refractivity contribution in [1.29, 1.82) is 0 Å². The number of alkyl halides is 2. The van der Waals surface area contributed by atoms with E-state index >= 15 is 0 Å². The number of nitro benzene ring substituents is 1. The molecule has 0 atom stereocenters. The van der Waals surface area contributed by atoms with Crippen LogP contribution in [-0.2, 0) is 9.47 Å². The second-order valence-electron chi connectivity index (χ2n) is 10.4. The van der Waals surface area contributed by atoms with E-state index in [2.05, 4.69) is 5.32 Å². The quantitative estimate of drug-likeness (QED) is 0.383. The summed E-state index contributed by atoms with van der Waals surface area (Å²) in [6.07, 6.45) is -2.83. The number of nitrogens with zero attached hydrogens (tertiary/aromatic N) is 3. The molecule has 2 rings (SSSR count). The van der Waals surface area contributed by atoms with Crippen LogP contribution in [0.1, 0.15) is 53.5 Å². The number of hydrogen-bond donors (Lipinski definition) is 1. The van der Waals surface area contributed by atoms with E-state index in [1.165, 1.54) is 12.1 Å². The maximum Gasteiger partial charge on any atom is 0.424 e. The number of halogens is 2. The molecule has 12 heteroatoms. The molecule has 0 fully saturated rings. The van der Waals surface area contributed by atoms with Gasteiger partial charge in [-0.2, -0.15) is 4.90 Å². The molecule has 10 nitrogen and oxygen atoms in total. The summed E-state index contributed by atoms with van der Waals surface area (Å²) >= 11 is 0. The largest absolute Gasteiger partial charge is 0.443 e. The van der Waals surface area contributed by atoms with E-state index < -0.39 is 52.7 Å². The van der Waals surface area contributed by atoms with Crippen molar-refractivity contribution in [3.63, 3.8) is 0 Å². The fourth-order valence-electron chi connectivity index (χ4n) is 3.47. The first-order valence-corrected chi connectivity index (χ1v) is 11.5. The lowest BCUT2D eigenvalue weighted by atomic mass is 9.96. The topological polar surface area (TPSA) is 114 Å². The molecule has 0 unspecified atom stereocenters. The molecule has 0 saturated heterocycles. The molecule has 0 aromatic heterocycles. The highest BCUT2D eigenvalue weighted by Gasteiger charge is 2.39. The van der Waals surface area contributed by atoms with Crippen LogP contribution in [0.4, 0.5) is 35.4 Å². The van der Waals surface area contributed by atoms with Crippen molar-refractivity contribution < 1.29 is 32.8 Å². The third-order valence-corrected chi connectivity index (χ3v) is 4.92. The number of imide groups is 1. The van der Waals surface area contributed by atoms with Crippen LogP contribution in [0.3, 0.4) is 0 Å². The SMILES string of the molecule is CN1CC=C(c2ccc(N(C(=O)OC(C)(C)C)C(=O)OC(C)(C)C)c([N+](=O)[O-])c2NCC(F)F)CC1. The summed E-state index contributed by atoms with van der Waals surface area (Å²) < 4.78 is 37.0. The van der Waals surface area contributed by atoms with Crippen molar-refractivity contribution >= 4 is 34.8 Å². The van der Waals surface area contributed by atoms with Crippen molar-refractivity contribution in [2.24, 2.45) is 0 Å². The zero-order valence-corrected chi connectivity index (χ0v) is 21.7. The minimum absolute atomic E-state index is 0.217. The zero-order chi connectivity index (χ0) is 27.4. The molecule has 1 heterocycles. The zero-order valence-electron chi connectivity index (χ0n) is 21.7. The summed E-state index contributed by atoms with van der Waals surface area (Å²) in [6.45, 7) is 9.77. The van der Waals surface area contributed by atoms with Crippen LogP contribution in [0.25, 0.3) is 5.57 Å². The van der Waals surface area contributed by atoms with Gasteiger partial charge >= 0.3 is 17.9 Å². The van der Waals surface area contributed by atoms with E-state index in [0.29, 0.717) is 30.0 Å². The van der Waals surface area contributed by atoms with Crippen LogP contribution in [-0.4, -0.2) is 66.3 Å². The first-order valence-electron chi connectivity index (χ1n) is 11.5. The number of anilines is 2. The maximum absolute atomic E-state index is 13.2. The fraction of sp³-hybridized carbons (Fsp3) is 0.583. The van der Waals surface area contributed by atoms with Gasteiger partial charge in [0.15, 0.2) is 0 Å². The van der Waals surface area contributed by atoms with E-state index in [0.717, 1.165) is 5.57 Å². The minimum Gasteiger partial charge on any atom is -0.443 e. The van der Waals surface area contributed by atoms with Gasteiger partial charge in [0.05, 0.1) is 11.5 Å². The van der Waals surface area contributed by atoms with Crippen LogP contribution < -0.4 is 10.2 Å². The molecule has 0 saturated carbocycles. The fourth-order valence-corrected chi connectivity index (χ4v) is 3.47. The first kappa shape index (κ1) is 29.0.